The van der Waals surface area contributed by atoms with Crippen molar-refractivity contribution in [2.75, 3.05) is 18.4 Å². The lowest BCUT2D eigenvalue weighted by molar-refractivity contribution is 0.0129. The number of ether oxygens (including phenoxy) is 1. The summed E-state index contributed by atoms with van der Waals surface area (Å²) in [6.07, 6.45) is 4.13. The zero-order valence-corrected chi connectivity index (χ0v) is 14.5. The summed E-state index contributed by atoms with van der Waals surface area (Å²) in [6.45, 7) is 0.791. The number of nitrogens with two attached hydrogens (primary N) is 2. The molecule has 1 aliphatic heterocycles. The molecular formula is C15H18N6O4S. The normalized spacial score (nSPS) is 16.9. The molecule has 1 fully saturated rings. The fourth-order valence-electron chi connectivity index (χ4n) is 2.72. The summed E-state index contributed by atoms with van der Waals surface area (Å²) in [4.78, 5) is 37.3. The molecule has 138 valence electrons. The molecule has 10 nitrogen and oxygen atoms in total. The lowest BCUT2D eigenvalue weighted by atomic mass is 10.1. The third-order valence-electron chi connectivity index (χ3n) is 3.93. The van der Waals surface area contributed by atoms with Crippen LogP contribution in [0.5, 0.6) is 0 Å². The van der Waals surface area contributed by atoms with Crippen LogP contribution in [0.1, 0.15) is 23.2 Å². The van der Waals surface area contributed by atoms with E-state index in [4.69, 9.17) is 16.2 Å². The Morgan fingerprint density at radius 1 is 1.38 bits per heavy atom. The number of urea groups is 2. The molecule has 2 aromatic heterocycles. The smallest absolute Gasteiger partial charge is 0.341 e. The Hall–Kier alpha value is -3.08. The van der Waals surface area contributed by atoms with E-state index in [-0.39, 0.29) is 12.1 Å². The Bertz CT molecular complexity index is 818. The minimum absolute atomic E-state index is 0.196. The predicted molar refractivity (Wildman–Crippen MR) is 94.7 cm³/mol. The van der Waals surface area contributed by atoms with E-state index in [0.29, 0.717) is 24.4 Å². The van der Waals surface area contributed by atoms with Gasteiger partial charge in [-0.1, -0.05) is 0 Å². The van der Waals surface area contributed by atoms with Crippen molar-refractivity contribution in [3.8, 4) is 10.4 Å². The number of H-pyrrole nitrogens is 1. The van der Waals surface area contributed by atoms with Crippen molar-refractivity contribution in [3.63, 3.8) is 0 Å². The number of esters is 1. The number of hydrogen-bond donors (Lipinski definition) is 4. The van der Waals surface area contributed by atoms with E-state index < -0.39 is 24.1 Å². The summed E-state index contributed by atoms with van der Waals surface area (Å²) in [5, 5.41) is 9.29. The standard InChI is InChI=1S/C15H18N6O4S/c16-14(23)20-12-10(4-11(26-12)8-5-18-19-6-8)13(22)25-9-2-1-3-21(7-9)15(17)24/h4-6,9H,1-3,7H2,(H2,17,24)(H,18,19)(H3,16,20,23). The SMILES string of the molecule is NC(=O)Nc1sc(-c2cn[nH]c2)cc1C(=O)OC1CCCN(C(N)=O)C1. The second-order valence-corrected chi connectivity index (χ2v) is 6.84. The number of rotatable bonds is 4. The Morgan fingerprint density at radius 3 is 2.85 bits per heavy atom. The van der Waals surface area contributed by atoms with Gasteiger partial charge in [-0.25, -0.2) is 14.4 Å². The average Bonchev–Trinajstić information content (AvgIpc) is 3.24. The van der Waals surface area contributed by atoms with Gasteiger partial charge in [0.15, 0.2) is 0 Å². The first-order chi connectivity index (χ1) is 12.4. The molecule has 26 heavy (non-hydrogen) atoms. The molecule has 1 unspecified atom stereocenters. The zero-order chi connectivity index (χ0) is 18.7. The van der Waals surface area contributed by atoms with Gasteiger partial charge in [-0.3, -0.25) is 10.4 Å². The molecule has 6 N–H and O–H groups in total. The van der Waals surface area contributed by atoms with Gasteiger partial charge in [0.25, 0.3) is 0 Å². The first kappa shape index (κ1) is 17.7. The van der Waals surface area contributed by atoms with Gasteiger partial charge < -0.3 is 21.1 Å². The number of aromatic nitrogens is 2. The summed E-state index contributed by atoms with van der Waals surface area (Å²) in [5.74, 6) is -0.601. The van der Waals surface area contributed by atoms with Gasteiger partial charge >= 0.3 is 18.0 Å². The summed E-state index contributed by atoms with van der Waals surface area (Å²) >= 11 is 1.18. The molecule has 2 aromatic rings. The van der Waals surface area contributed by atoms with Gasteiger partial charge in [-0.2, -0.15) is 5.10 Å². The molecule has 4 amide bonds. The Labute approximate surface area is 152 Å². The summed E-state index contributed by atoms with van der Waals surface area (Å²) in [5.41, 5.74) is 11.4. The maximum atomic E-state index is 12.6. The highest BCUT2D eigenvalue weighted by atomic mass is 32.1. The molecule has 0 bridgehead atoms. The minimum Gasteiger partial charge on any atom is -0.457 e. The van der Waals surface area contributed by atoms with Gasteiger partial charge in [0.2, 0.25) is 0 Å². The Morgan fingerprint density at radius 2 is 2.19 bits per heavy atom. The predicted octanol–water partition coefficient (Wildman–Crippen LogP) is 1.33. The van der Waals surface area contributed by atoms with Gasteiger partial charge in [0.1, 0.15) is 11.1 Å². The molecule has 0 saturated carbocycles. The number of nitrogens with one attached hydrogen (secondary N) is 2. The molecule has 11 heteroatoms. The number of anilines is 1. The Balaban J connectivity index is 1.79. The van der Waals surface area contributed by atoms with Crippen molar-refractivity contribution < 1.29 is 19.1 Å². The average molecular weight is 378 g/mol. The molecule has 1 aliphatic rings. The summed E-state index contributed by atoms with van der Waals surface area (Å²) < 4.78 is 5.51. The second-order valence-electron chi connectivity index (χ2n) is 5.78. The first-order valence-electron chi connectivity index (χ1n) is 7.89. The van der Waals surface area contributed by atoms with Crippen LogP contribution in [0.25, 0.3) is 10.4 Å². The van der Waals surface area contributed by atoms with Gasteiger partial charge in [-0.15, -0.1) is 11.3 Å². The quantitative estimate of drug-likeness (QED) is 0.590. The largest absolute Gasteiger partial charge is 0.457 e. The first-order valence-corrected chi connectivity index (χ1v) is 8.70. The number of aromatic amines is 1. The highest BCUT2D eigenvalue weighted by Crippen LogP contribution is 2.35. The van der Waals surface area contributed by atoms with Crippen LogP contribution in [-0.2, 0) is 4.74 Å². The highest BCUT2D eigenvalue weighted by Gasteiger charge is 2.27. The number of thiophene rings is 1. The van der Waals surface area contributed by atoms with Gasteiger partial charge in [0, 0.05) is 23.2 Å². The monoisotopic (exact) mass is 378 g/mol. The van der Waals surface area contributed by atoms with E-state index in [9.17, 15) is 14.4 Å². The van der Waals surface area contributed by atoms with Gasteiger partial charge in [0.05, 0.1) is 18.3 Å². The number of primary amides is 2. The molecule has 1 saturated heterocycles. The van der Waals surface area contributed by atoms with Crippen LogP contribution >= 0.6 is 11.3 Å². The van der Waals surface area contributed by atoms with Gasteiger partial charge in [-0.05, 0) is 18.9 Å². The topological polar surface area (TPSA) is 156 Å². The lowest BCUT2D eigenvalue weighted by Gasteiger charge is -2.31. The van der Waals surface area contributed by atoms with E-state index in [1.165, 1.54) is 16.2 Å². The summed E-state index contributed by atoms with van der Waals surface area (Å²) in [6, 6.07) is 0.287. The van der Waals surface area contributed by atoms with Crippen molar-refractivity contribution in [3.05, 3.63) is 24.0 Å². The van der Waals surface area contributed by atoms with E-state index in [1.54, 1.807) is 18.5 Å². The fraction of sp³-hybridized carbons (Fsp3) is 0.333. The highest BCUT2D eigenvalue weighted by molar-refractivity contribution is 7.20. The third kappa shape index (κ3) is 3.94. The van der Waals surface area contributed by atoms with Crippen molar-refractivity contribution in [1.29, 1.82) is 0 Å². The second kappa shape index (κ2) is 7.44. The van der Waals surface area contributed by atoms with Crippen LogP contribution in [0.2, 0.25) is 0 Å². The minimum atomic E-state index is -0.780. The summed E-state index contributed by atoms with van der Waals surface area (Å²) in [7, 11) is 0. The lowest BCUT2D eigenvalue weighted by Crippen LogP contribution is -2.46. The molecule has 3 heterocycles. The molecule has 3 rings (SSSR count). The number of carbonyl (C=O) groups excluding carboxylic acids is 3. The third-order valence-corrected chi connectivity index (χ3v) is 5.03. The maximum Gasteiger partial charge on any atom is 0.341 e. The maximum absolute atomic E-state index is 12.6. The number of likely N-dealkylation sites (tertiary alicyclic amines) is 1. The van der Waals surface area contributed by atoms with Crippen LogP contribution in [0.3, 0.4) is 0 Å². The molecule has 1 atom stereocenters. The van der Waals surface area contributed by atoms with Crippen LogP contribution < -0.4 is 16.8 Å². The van der Waals surface area contributed by atoms with E-state index in [0.717, 1.165) is 10.4 Å². The number of hydrogen-bond acceptors (Lipinski definition) is 6. The van der Waals surface area contributed by atoms with E-state index in [2.05, 4.69) is 15.5 Å². The van der Waals surface area contributed by atoms with Crippen molar-refractivity contribution >= 4 is 34.4 Å². The number of amides is 4. The van der Waals surface area contributed by atoms with Crippen LogP contribution in [0.4, 0.5) is 14.6 Å². The van der Waals surface area contributed by atoms with Crippen molar-refractivity contribution in [2.45, 2.75) is 18.9 Å². The molecule has 0 aromatic carbocycles. The number of carbonyl (C=O) groups is 3. The van der Waals surface area contributed by atoms with Crippen LogP contribution in [0.15, 0.2) is 18.5 Å². The van der Waals surface area contributed by atoms with E-state index >= 15 is 0 Å². The molecule has 0 radical (unpaired) electrons. The van der Waals surface area contributed by atoms with E-state index in [1.807, 2.05) is 0 Å². The fourth-order valence-corrected chi connectivity index (χ4v) is 3.75. The van der Waals surface area contributed by atoms with Crippen LogP contribution in [0, 0.1) is 0 Å². The van der Waals surface area contributed by atoms with Crippen LogP contribution in [-0.4, -0.2) is 52.3 Å². The molecular weight excluding hydrogens is 360 g/mol. The number of nitrogens with zero attached hydrogens (tertiary/aromatic N) is 2. The molecule has 0 aliphatic carbocycles. The van der Waals surface area contributed by atoms with Crippen molar-refractivity contribution in [1.82, 2.24) is 15.1 Å². The van der Waals surface area contributed by atoms with Crippen molar-refractivity contribution in [2.24, 2.45) is 11.5 Å². The Kier molecular flexibility index (Phi) is 5.07. The number of piperidine rings is 1. The zero-order valence-electron chi connectivity index (χ0n) is 13.7. The molecule has 0 spiro atoms.